The number of aromatic nitrogens is 2. The van der Waals surface area contributed by atoms with Crippen molar-refractivity contribution in [2.24, 2.45) is 0 Å². The Hall–Kier alpha value is -1.97. The lowest BCUT2D eigenvalue weighted by molar-refractivity contribution is 0.318. The average Bonchev–Trinajstić information content (AvgIpc) is 2.52. The predicted octanol–water partition coefficient (Wildman–Crippen LogP) is 3.47. The number of nitrogens with zero attached hydrogens (tertiary/aromatic N) is 2. The third kappa shape index (κ3) is 3.43. The molecule has 0 aliphatic rings. The summed E-state index contributed by atoms with van der Waals surface area (Å²) >= 11 is 7.34. The molecule has 114 valence electrons. The fraction of sp³-hybridized carbons (Fsp3) is 0.267. The Morgan fingerprint density at radius 3 is 2.91 bits per heavy atom. The molecule has 5 nitrogen and oxygen atoms in total. The Kier molecular flexibility index (Phi) is 5.47. The second-order valence-corrected chi connectivity index (χ2v) is 5.63. The lowest BCUT2D eigenvalue weighted by Gasteiger charge is -2.12. The van der Waals surface area contributed by atoms with Crippen molar-refractivity contribution in [3.8, 4) is 23.1 Å². The molecule has 0 aliphatic carbocycles. The first-order chi connectivity index (χ1) is 10.6. The van der Waals surface area contributed by atoms with Crippen LogP contribution in [0.4, 0.5) is 0 Å². The van der Waals surface area contributed by atoms with E-state index in [0.717, 1.165) is 6.42 Å². The second-order valence-electron chi connectivity index (χ2n) is 4.40. The second kappa shape index (κ2) is 7.34. The van der Waals surface area contributed by atoms with Crippen molar-refractivity contribution in [3.63, 3.8) is 0 Å². The van der Waals surface area contributed by atoms with Gasteiger partial charge in [-0.1, -0.05) is 30.3 Å². The minimum absolute atomic E-state index is 0.0542. The predicted molar refractivity (Wildman–Crippen MR) is 87.6 cm³/mol. The first-order valence-electron chi connectivity index (χ1n) is 6.61. The minimum atomic E-state index is -0.474. The van der Waals surface area contributed by atoms with Crippen LogP contribution in [0.2, 0.25) is 5.02 Å². The number of nitrogens with one attached hydrogen (secondary N) is 1. The van der Waals surface area contributed by atoms with E-state index in [4.69, 9.17) is 16.3 Å². The van der Waals surface area contributed by atoms with Crippen molar-refractivity contribution in [1.29, 1.82) is 5.26 Å². The third-order valence-corrected chi connectivity index (χ3v) is 3.68. The first kappa shape index (κ1) is 16.4. The molecule has 22 heavy (non-hydrogen) atoms. The number of halogens is 1. The van der Waals surface area contributed by atoms with Crippen LogP contribution in [0.5, 0.6) is 5.75 Å². The lowest BCUT2D eigenvalue weighted by Crippen LogP contribution is -2.15. The molecule has 0 saturated carbocycles. The highest BCUT2D eigenvalue weighted by Gasteiger charge is 2.17. The van der Waals surface area contributed by atoms with E-state index >= 15 is 0 Å². The van der Waals surface area contributed by atoms with Gasteiger partial charge in [0.25, 0.3) is 5.56 Å². The van der Waals surface area contributed by atoms with E-state index in [1.165, 1.54) is 11.8 Å². The molecule has 0 bridgehead atoms. The Morgan fingerprint density at radius 2 is 2.27 bits per heavy atom. The molecule has 2 rings (SSSR count). The number of benzene rings is 1. The maximum atomic E-state index is 12.0. The van der Waals surface area contributed by atoms with Crippen LogP contribution >= 0.6 is 23.4 Å². The molecule has 1 N–H and O–H groups in total. The normalized spacial score (nSPS) is 10.3. The van der Waals surface area contributed by atoms with Crippen molar-refractivity contribution < 1.29 is 4.74 Å². The fourth-order valence-electron chi connectivity index (χ4n) is 1.87. The van der Waals surface area contributed by atoms with Crippen molar-refractivity contribution in [2.45, 2.75) is 18.5 Å². The molecular formula is C15H14ClN3O2S. The number of rotatable bonds is 5. The average molecular weight is 336 g/mol. The summed E-state index contributed by atoms with van der Waals surface area (Å²) in [5.41, 5.74) is 0.294. The summed E-state index contributed by atoms with van der Waals surface area (Å²) in [4.78, 5) is 18.9. The maximum absolute atomic E-state index is 12.0. The highest BCUT2D eigenvalue weighted by atomic mass is 35.5. The van der Waals surface area contributed by atoms with Crippen molar-refractivity contribution in [3.05, 3.63) is 39.1 Å². The Labute approximate surface area is 137 Å². The summed E-state index contributed by atoms with van der Waals surface area (Å²) in [5, 5.41) is 10.2. The van der Waals surface area contributed by atoms with Crippen molar-refractivity contribution >= 4 is 23.4 Å². The van der Waals surface area contributed by atoms with Gasteiger partial charge in [-0.2, -0.15) is 5.26 Å². The zero-order chi connectivity index (χ0) is 16.1. The van der Waals surface area contributed by atoms with E-state index in [2.05, 4.69) is 9.97 Å². The zero-order valence-corrected chi connectivity index (χ0v) is 13.7. The molecule has 0 atom stereocenters. The summed E-state index contributed by atoms with van der Waals surface area (Å²) in [6.07, 6.45) is 2.63. The maximum Gasteiger partial charge on any atom is 0.270 e. The molecule has 1 heterocycles. The smallest absolute Gasteiger partial charge is 0.270 e. The molecule has 0 fully saturated rings. The van der Waals surface area contributed by atoms with E-state index in [-0.39, 0.29) is 11.3 Å². The van der Waals surface area contributed by atoms with Gasteiger partial charge in [-0.25, -0.2) is 4.98 Å². The lowest BCUT2D eigenvalue weighted by atomic mass is 10.1. The molecule has 0 aliphatic heterocycles. The third-order valence-electron chi connectivity index (χ3n) is 2.86. The molecule has 1 aromatic heterocycles. The highest BCUT2D eigenvalue weighted by molar-refractivity contribution is 7.98. The van der Waals surface area contributed by atoms with Gasteiger partial charge in [-0.15, -0.1) is 0 Å². The SMILES string of the molecule is CCCOc1ccc(Cl)cc1-c1nc(SC)[nH]c(=O)c1C#N. The number of aromatic amines is 1. The highest BCUT2D eigenvalue weighted by Crippen LogP contribution is 2.33. The van der Waals surface area contributed by atoms with E-state index in [9.17, 15) is 10.1 Å². The molecule has 0 saturated heterocycles. The van der Waals surface area contributed by atoms with Gasteiger partial charge in [0.05, 0.1) is 6.61 Å². The van der Waals surface area contributed by atoms with Crippen LogP contribution in [-0.4, -0.2) is 22.8 Å². The van der Waals surface area contributed by atoms with Gasteiger partial charge in [0, 0.05) is 10.6 Å². The van der Waals surface area contributed by atoms with Gasteiger partial charge in [-0.05, 0) is 30.9 Å². The van der Waals surface area contributed by atoms with Gasteiger partial charge in [-0.3, -0.25) is 4.79 Å². The summed E-state index contributed by atoms with van der Waals surface area (Å²) < 4.78 is 5.68. The van der Waals surface area contributed by atoms with Crippen LogP contribution in [0.15, 0.2) is 28.2 Å². The molecule has 0 unspecified atom stereocenters. The number of ether oxygens (including phenoxy) is 1. The monoisotopic (exact) mass is 335 g/mol. The molecule has 1 aromatic carbocycles. The van der Waals surface area contributed by atoms with Crippen LogP contribution in [0, 0.1) is 11.3 Å². The van der Waals surface area contributed by atoms with Gasteiger partial charge < -0.3 is 9.72 Å². The number of H-pyrrole nitrogens is 1. The molecule has 2 aromatic rings. The van der Waals surface area contributed by atoms with Crippen LogP contribution in [-0.2, 0) is 0 Å². The standard InChI is InChI=1S/C15H14ClN3O2S/c1-3-6-21-12-5-4-9(16)7-10(12)13-11(8-17)14(20)19-15(18-13)22-2/h4-5,7H,3,6H2,1-2H3,(H,18,19,20). The fourth-order valence-corrected chi connectivity index (χ4v) is 2.42. The topological polar surface area (TPSA) is 78.8 Å². The van der Waals surface area contributed by atoms with E-state index in [1.807, 2.05) is 13.0 Å². The van der Waals surface area contributed by atoms with Crippen LogP contribution in [0.3, 0.4) is 0 Å². The summed E-state index contributed by atoms with van der Waals surface area (Å²) in [6, 6.07) is 6.97. The van der Waals surface area contributed by atoms with E-state index in [0.29, 0.717) is 28.1 Å². The quantitative estimate of drug-likeness (QED) is 0.668. The Bertz CT molecular complexity index is 783. The van der Waals surface area contributed by atoms with Gasteiger partial charge >= 0.3 is 0 Å². The largest absolute Gasteiger partial charge is 0.493 e. The molecule has 0 spiro atoms. The molecular weight excluding hydrogens is 322 g/mol. The summed E-state index contributed by atoms with van der Waals surface area (Å²) in [7, 11) is 0. The number of nitriles is 1. The van der Waals surface area contributed by atoms with E-state index < -0.39 is 5.56 Å². The van der Waals surface area contributed by atoms with Gasteiger partial charge in [0.2, 0.25) is 0 Å². The number of hydrogen-bond donors (Lipinski definition) is 1. The molecule has 7 heteroatoms. The first-order valence-corrected chi connectivity index (χ1v) is 8.22. The van der Waals surface area contributed by atoms with Crippen molar-refractivity contribution in [2.75, 3.05) is 12.9 Å². The number of thioether (sulfide) groups is 1. The molecule has 0 radical (unpaired) electrons. The van der Waals surface area contributed by atoms with E-state index in [1.54, 1.807) is 24.5 Å². The molecule has 0 amide bonds. The Morgan fingerprint density at radius 1 is 1.50 bits per heavy atom. The summed E-state index contributed by atoms with van der Waals surface area (Å²) in [5.74, 6) is 0.549. The minimum Gasteiger partial charge on any atom is -0.493 e. The van der Waals surface area contributed by atoms with Crippen LogP contribution in [0.25, 0.3) is 11.3 Å². The van der Waals surface area contributed by atoms with Gasteiger partial charge in [0.1, 0.15) is 23.1 Å². The number of hydrogen-bond acceptors (Lipinski definition) is 5. The van der Waals surface area contributed by atoms with Gasteiger partial charge in [0.15, 0.2) is 5.16 Å². The van der Waals surface area contributed by atoms with Crippen LogP contribution in [0.1, 0.15) is 18.9 Å². The van der Waals surface area contributed by atoms with Crippen molar-refractivity contribution in [1.82, 2.24) is 9.97 Å². The Balaban J connectivity index is 2.70. The van der Waals surface area contributed by atoms with Crippen LogP contribution < -0.4 is 10.3 Å². The zero-order valence-electron chi connectivity index (χ0n) is 12.1. The summed E-state index contributed by atoms with van der Waals surface area (Å²) in [6.45, 7) is 2.52.